The van der Waals surface area contributed by atoms with Gasteiger partial charge in [-0.1, -0.05) is 24.3 Å². The topological polar surface area (TPSA) is 58.2 Å². The van der Waals surface area contributed by atoms with E-state index in [1.165, 1.54) is 24.9 Å². The van der Waals surface area contributed by atoms with Gasteiger partial charge in [0.15, 0.2) is 9.84 Å². The van der Waals surface area contributed by atoms with Crippen molar-refractivity contribution in [3.8, 4) is 0 Å². The molecule has 23 heavy (non-hydrogen) atoms. The fourth-order valence-electron chi connectivity index (χ4n) is 3.06. The minimum Gasteiger partial charge on any atom is -0.313 e. The Labute approximate surface area is 143 Å². The second-order valence-electron chi connectivity index (χ2n) is 6.26. The van der Waals surface area contributed by atoms with Crippen LogP contribution in [-0.2, 0) is 9.84 Å². The molecule has 0 bridgehead atoms. The van der Waals surface area contributed by atoms with Gasteiger partial charge in [0, 0.05) is 36.7 Å². The first kappa shape index (κ1) is 17.0. The molecule has 3 rings (SSSR count). The first-order valence-electron chi connectivity index (χ1n) is 8.09. The van der Waals surface area contributed by atoms with Gasteiger partial charge in [0.1, 0.15) is 0 Å². The fraction of sp³-hybridized carbons (Fsp3) is 0.529. The highest BCUT2D eigenvalue weighted by Gasteiger charge is 2.21. The van der Waals surface area contributed by atoms with E-state index < -0.39 is 9.84 Å². The molecule has 4 nitrogen and oxygen atoms in total. The van der Waals surface area contributed by atoms with Gasteiger partial charge in [-0.25, -0.2) is 8.42 Å². The maximum atomic E-state index is 11.5. The third-order valence-electron chi connectivity index (χ3n) is 4.36. The highest BCUT2D eigenvalue weighted by Crippen LogP contribution is 2.27. The molecule has 0 saturated carbocycles. The predicted molar refractivity (Wildman–Crippen MR) is 96.7 cm³/mol. The lowest BCUT2D eigenvalue weighted by molar-refractivity contribution is 0.381. The molecule has 3 atom stereocenters. The first-order valence-corrected chi connectivity index (χ1v) is 11.0. The molecule has 2 aliphatic heterocycles. The number of hydrogen-bond acceptors (Lipinski definition) is 5. The Bertz CT molecular complexity index is 650. The second kappa shape index (κ2) is 7.38. The number of piperazine rings is 1. The summed E-state index contributed by atoms with van der Waals surface area (Å²) in [6.45, 7) is 1.80. The molecule has 6 heteroatoms. The van der Waals surface area contributed by atoms with E-state index in [4.69, 9.17) is 0 Å². The Morgan fingerprint density at radius 3 is 2.61 bits per heavy atom. The van der Waals surface area contributed by atoms with Crippen LogP contribution in [0.15, 0.2) is 41.3 Å². The number of sulfone groups is 1. The summed E-state index contributed by atoms with van der Waals surface area (Å²) in [5.41, 5.74) is 1.12. The van der Waals surface area contributed by atoms with Gasteiger partial charge in [-0.2, -0.15) is 11.8 Å². The number of benzene rings is 1. The molecule has 0 amide bonds. The van der Waals surface area contributed by atoms with Crippen LogP contribution in [0.5, 0.6) is 0 Å². The maximum absolute atomic E-state index is 11.5. The van der Waals surface area contributed by atoms with Crippen LogP contribution >= 0.6 is 11.8 Å². The molecule has 3 unspecified atom stereocenters. The molecule has 2 saturated heterocycles. The van der Waals surface area contributed by atoms with Gasteiger partial charge in [0.25, 0.3) is 0 Å². The Hall–Kier alpha value is -0.820. The summed E-state index contributed by atoms with van der Waals surface area (Å²) < 4.78 is 23.1. The normalized spacial score (nSPS) is 29.2. The van der Waals surface area contributed by atoms with Crippen molar-refractivity contribution in [3.05, 3.63) is 42.0 Å². The lowest BCUT2D eigenvalue weighted by atomic mass is 10.0. The van der Waals surface area contributed by atoms with Crippen LogP contribution in [0.3, 0.4) is 0 Å². The molecular weight excluding hydrogens is 328 g/mol. The van der Waals surface area contributed by atoms with Crippen molar-refractivity contribution in [1.29, 1.82) is 0 Å². The number of nitrogens with one attached hydrogen (secondary N) is 2. The van der Waals surface area contributed by atoms with Gasteiger partial charge in [-0.05, 0) is 36.3 Å². The fourth-order valence-corrected chi connectivity index (χ4v) is 4.86. The van der Waals surface area contributed by atoms with E-state index in [9.17, 15) is 8.42 Å². The van der Waals surface area contributed by atoms with Crippen LogP contribution in [0, 0.1) is 0 Å². The smallest absolute Gasteiger partial charge is 0.175 e. The Morgan fingerprint density at radius 2 is 1.96 bits per heavy atom. The van der Waals surface area contributed by atoms with Crippen molar-refractivity contribution < 1.29 is 8.42 Å². The molecular formula is C17H24N2O2S2. The molecule has 0 aliphatic carbocycles. The summed E-state index contributed by atoms with van der Waals surface area (Å²) in [6.07, 6.45) is 8.48. The summed E-state index contributed by atoms with van der Waals surface area (Å²) in [5, 5.41) is 7.78. The highest BCUT2D eigenvalue weighted by atomic mass is 32.2. The average molecular weight is 353 g/mol. The molecule has 2 N–H and O–H groups in total. The van der Waals surface area contributed by atoms with E-state index in [1.807, 2.05) is 23.9 Å². The molecule has 1 aromatic carbocycles. The maximum Gasteiger partial charge on any atom is 0.175 e. The lowest BCUT2D eigenvalue weighted by Crippen LogP contribution is -2.49. The van der Waals surface area contributed by atoms with Gasteiger partial charge in [0.2, 0.25) is 0 Å². The van der Waals surface area contributed by atoms with E-state index in [2.05, 4.69) is 22.8 Å². The van der Waals surface area contributed by atoms with E-state index >= 15 is 0 Å². The Kier molecular flexibility index (Phi) is 5.46. The minimum atomic E-state index is -3.13. The molecule has 2 fully saturated rings. The van der Waals surface area contributed by atoms with Crippen molar-refractivity contribution in [1.82, 2.24) is 10.6 Å². The average Bonchev–Trinajstić information content (AvgIpc) is 3.06. The van der Waals surface area contributed by atoms with Crippen molar-refractivity contribution in [2.75, 3.05) is 25.1 Å². The number of rotatable bonds is 4. The van der Waals surface area contributed by atoms with Gasteiger partial charge in [0.05, 0.1) is 4.90 Å². The van der Waals surface area contributed by atoms with E-state index in [0.29, 0.717) is 16.2 Å². The lowest BCUT2D eigenvalue weighted by Gasteiger charge is -2.31. The molecule has 0 spiro atoms. The van der Waals surface area contributed by atoms with Crippen LogP contribution in [-0.4, -0.2) is 44.8 Å². The molecule has 0 radical (unpaired) electrons. The van der Waals surface area contributed by atoms with Crippen LogP contribution in [0.4, 0.5) is 0 Å². The van der Waals surface area contributed by atoms with Gasteiger partial charge in [-0.3, -0.25) is 0 Å². The largest absolute Gasteiger partial charge is 0.313 e. The molecule has 2 aliphatic rings. The Balaban J connectivity index is 1.63. The standard InChI is InChI=1S/C17H24N2O2S2/c1-23(20,21)16-8-4-13(5-9-16)17-12-18-11-14(19-17)6-7-15-3-2-10-22-15/h4-9,14-15,17-19H,2-3,10-12H2,1H3/b7-6+. The van der Waals surface area contributed by atoms with Gasteiger partial charge in [-0.15, -0.1) is 0 Å². The first-order chi connectivity index (χ1) is 11.0. The summed E-state index contributed by atoms with van der Waals surface area (Å²) >= 11 is 2.04. The monoisotopic (exact) mass is 352 g/mol. The third kappa shape index (κ3) is 4.59. The summed E-state index contributed by atoms with van der Waals surface area (Å²) in [7, 11) is -3.13. The molecule has 2 heterocycles. The van der Waals surface area contributed by atoms with Crippen LogP contribution in [0.1, 0.15) is 24.4 Å². The SMILES string of the molecule is CS(=O)(=O)c1ccc(C2CNCC(/C=C/C3CCCS3)N2)cc1. The molecule has 0 aromatic heterocycles. The van der Waals surface area contributed by atoms with Crippen LogP contribution in [0.2, 0.25) is 0 Å². The van der Waals surface area contributed by atoms with Gasteiger partial charge >= 0.3 is 0 Å². The van der Waals surface area contributed by atoms with Crippen molar-refractivity contribution >= 4 is 21.6 Å². The zero-order valence-corrected chi connectivity index (χ0v) is 15.0. The van der Waals surface area contributed by atoms with Crippen molar-refractivity contribution in [2.24, 2.45) is 0 Å². The van der Waals surface area contributed by atoms with Gasteiger partial charge < -0.3 is 10.6 Å². The Morgan fingerprint density at radius 1 is 1.17 bits per heavy atom. The summed E-state index contributed by atoms with van der Waals surface area (Å²) in [5.74, 6) is 1.28. The summed E-state index contributed by atoms with van der Waals surface area (Å²) in [4.78, 5) is 0.375. The van der Waals surface area contributed by atoms with Crippen LogP contribution < -0.4 is 10.6 Å². The van der Waals surface area contributed by atoms with Crippen molar-refractivity contribution in [3.63, 3.8) is 0 Å². The zero-order valence-electron chi connectivity index (χ0n) is 13.4. The quantitative estimate of drug-likeness (QED) is 0.813. The molecule has 126 valence electrons. The number of hydrogen-bond donors (Lipinski definition) is 2. The van der Waals surface area contributed by atoms with Crippen molar-refractivity contribution in [2.45, 2.75) is 35.1 Å². The minimum absolute atomic E-state index is 0.211. The number of thioether (sulfide) groups is 1. The molecule has 1 aromatic rings. The van der Waals surface area contributed by atoms with E-state index in [0.717, 1.165) is 18.7 Å². The highest BCUT2D eigenvalue weighted by molar-refractivity contribution is 8.00. The van der Waals surface area contributed by atoms with Crippen LogP contribution in [0.25, 0.3) is 0 Å². The predicted octanol–water partition coefficient (Wildman–Crippen LogP) is 2.14. The van der Waals surface area contributed by atoms with E-state index in [1.54, 1.807) is 12.1 Å². The third-order valence-corrected chi connectivity index (χ3v) is 6.84. The summed E-state index contributed by atoms with van der Waals surface area (Å²) in [6, 6.07) is 7.75. The second-order valence-corrected chi connectivity index (χ2v) is 9.62. The zero-order chi connectivity index (χ0) is 16.3. The van der Waals surface area contributed by atoms with E-state index in [-0.39, 0.29) is 6.04 Å².